The molecule has 0 radical (unpaired) electrons. The Balaban J connectivity index is 2.07. The highest BCUT2D eigenvalue weighted by atomic mass is 35.5. The average molecular weight is 260 g/mol. The number of halogens is 1. The van der Waals surface area contributed by atoms with E-state index in [-0.39, 0.29) is 5.54 Å². The summed E-state index contributed by atoms with van der Waals surface area (Å²) in [5.74, 6) is 1.97. The molecular weight excluding hydrogens is 242 g/mol. The molecule has 1 saturated carbocycles. The van der Waals surface area contributed by atoms with Crippen LogP contribution in [0.25, 0.3) is 0 Å². The van der Waals surface area contributed by atoms with Crippen LogP contribution < -0.4 is 5.32 Å². The summed E-state index contributed by atoms with van der Waals surface area (Å²) in [6, 6.07) is 0. The Hall–Kier alpha value is -0.350. The van der Waals surface area contributed by atoms with Crippen molar-refractivity contribution >= 4 is 28.3 Å². The first-order valence-electron chi connectivity index (χ1n) is 5.83. The number of hydrogen-bond acceptors (Lipinski definition) is 4. The zero-order chi connectivity index (χ0) is 11.6. The number of alkyl halides is 1. The summed E-state index contributed by atoms with van der Waals surface area (Å²) < 4.78 is 4.35. The van der Waals surface area contributed by atoms with Crippen LogP contribution in [0.15, 0.2) is 0 Å². The van der Waals surface area contributed by atoms with Crippen LogP contribution in [0.1, 0.15) is 51.3 Å². The second kappa shape index (κ2) is 4.88. The summed E-state index contributed by atoms with van der Waals surface area (Å²) in [7, 11) is 0. The van der Waals surface area contributed by atoms with Gasteiger partial charge in [-0.25, -0.2) is 4.98 Å². The third kappa shape index (κ3) is 2.48. The molecule has 1 aromatic heterocycles. The van der Waals surface area contributed by atoms with Gasteiger partial charge in [-0.15, -0.1) is 11.6 Å². The summed E-state index contributed by atoms with van der Waals surface area (Å²) in [6.07, 6.45) is 4.81. The fourth-order valence-electron chi connectivity index (χ4n) is 2.09. The molecule has 0 bridgehead atoms. The maximum absolute atomic E-state index is 6.08. The third-order valence-corrected chi connectivity index (χ3v) is 4.30. The van der Waals surface area contributed by atoms with Crippen LogP contribution in [0.2, 0.25) is 0 Å². The van der Waals surface area contributed by atoms with Gasteiger partial charge in [0.2, 0.25) is 5.13 Å². The quantitative estimate of drug-likeness (QED) is 0.840. The molecule has 1 aromatic rings. The molecule has 0 spiro atoms. The number of aromatic nitrogens is 2. The molecule has 0 aromatic carbocycles. The van der Waals surface area contributed by atoms with Gasteiger partial charge in [0.25, 0.3) is 0 Å². The van der Waals surface area contributed by atoms with E-state index in [2.05, 4.69) is 28.5 Å². The summed E-state index contributed by atoms with van der Waals surface area (Å²) in [5.41, 5.74) is 0.0648. The molecular formula is C11H18ClN3S. The van der Waals surface area contributed by atoms with E-state index >= 15 is 0 Å². The molecule has 1 heterocycles. The van der Waals surface area contributed by atoms with Crippen molar-refractivity contribution in [2.24, 2.45) is 0 Å². The predicted octanol–water partition coefficient (Wildman–Crippen LogP) is 3.63. The minimum atomic E-state index is 0.0648. The van der Waals surface area contributed by atoms with Gasteiger partial charge in [-0.3, -0.25) is 0 Å². The van der Waals surface area contributed by atoms with Gasteiger partial charge in [-0.2, -0.15) is 4.37 Å². The van der Waals surface area contributed by atoms with Crippen LogP contribution in [0.5, 0.6) is 0 Å². The first-order chi connectivity index (χ1) is 7.65. The molecule has 1 N–H and O–H groups in total. The first-order valence-corrected chi connectivity index (χ1v) is 7.14. The van der Waals surface area contributed by atoms with Gasteiger partial charge in [0.05, 0.1) is 5.54 Å². The van der Waals surface area contributed by atoms with Gasteiger partial charge in [-0.05, 0) is 12.8 Å². The molecule has 0 aliphatic heterocycles. The Morgan fingerprint density at radius 3 is 2.62 bits per heavy atom. The molecule has 5 heteroatoms. The van der Waals surface area contributed by atoms with Crippen LogP contribution in [0.4, 0.5) is 5.13 Å². The van der Waals surface area contributed by atoms with Crippen LogP contribution in [-0.4, -0.2) is 20.8 Å². The van der Waals surface area contributed by atoms with E-state index in [0.29, 0.717) is 11.8 Å². The van der Waals surface area contributed by atoms with Crippen molar-refractivity contribution in [2.45, 2.75) is 51.0 Å². The van der Waals surface area contributed by atoms with Gasteiger partial charge in [0, 0.05) is 23.3 Å². The van der Waals surface area contributed by atoms with Crippen molar-refractivity contribution in [2.75, 3.05) is 11.2 Å². The monoisotopic (exact) mass is 259 g/mol. The van der Waals surface area contributed by atoms with E-state index in [4.69, 9.17) is 11.6 Å². The van der Waals surface area contributed by atoms with E-state index in [1.54, 1.807) is 0 Å². The van der Waals surface area contributed by atoms with Gasteiger partial charge in [-0.1, -0.05) is 26.7 Å². The lowest BCUT2D eigenvalue weighted by molar-refractivity contribution is 0.539. The predicted molar refractivity (Wildman–Crippen MR) is 69.5 cm³/mol. The van der Waals surface area contributed by atoms with Gasteiger partial charge in [0.1, 0.15) is 5.82 Å². The molecule has 1 fully saturated rings. The van der Waals surface area contributed by atoms with Crippen LogP contribution in [0.3, 0.4) is 0 Å². The van der Waals surface area contributed by atoms with E-state index in [1.165, 1.54) is 24.4 Å². The average Bonchev–Trinajstić information content (AvgIpc) is 2.88. The maximum atomic E-state index is 6.08. The number of nitrogens with one attached hydrogen (secondary N) is 1. The van der Waals surface area contributed by atoms with Crippen LogP contribution in [-0.2, 0) is 0 Å². The maximum Gasteiger partial charge on any atom is 0.203 e. The Kier molecular flexibility index (Phi) is 3.70. The largest absolute Gasteiger partial charge is 0.354 e. The van der Waals surface area contributed by atoms with Crippen molar-refractivity contribution in [3.63, 3.8) is 0 Å². The summed E-state index contributed by atoms with van der Waals surface area (Å²) in [5, 5.41) is 4.41. The molecule has 0 saturated heterocycles. The molecule has 1 aliphatic carbocycles. The Bertz CT molecular complexity index is 345. The van der Waals surface area contributed by atoms with E-state index in [9.17, 15) is 0 Å². The lowest BCUT2D eigenvalue weighted by atomic mass is 10.0. The zero-order valence-corrected chi connectivity index (χ0v) is 11.4. The lowest BCUT2D eigenvalue weighted by Gasteiger charge is -2.27. The summed E-state index contributed by atoms with van der Waals surface area (Å²) in [4.78, 5) is 4.50. The topological polar surface area (TPSA) is 37.8 Å². The van der Waals surface area contributed by atoms with E-state index in [1.807, 2.05) is 0 Å². The van der Waals surface area contributed by atoms with Gasteiger partial charge >= 0.3 is 0 Å². The molecule has 2 rings (SSSR count). The van der Waals surface area contributed by atoms with Crippen molar-refractivity contribution < 1.29 is 0 Å². The van der Waals surface area contributed by atoms with Gasteiger partial charge in [0.15, 0.2) is 0 Å². The van der Waals surface area contributed by atoms with E-state index < -0.39 is 0 Å². The number of hydrogen-bond donors (Lipinski definition) is 1. The summed E-state index contributed by atoms with van der Waals surface area (Å²) in [6.45, 7) is 4.22. The smallest absolute Gasteiger partial charge is 0.203 e. The fourth-order valence-corrected chi connectivity index (χ4v) is 3.25. The number of nitrogens with zero attached hydrogens (tertiary/aromatic N) is 2. The highest BCUT2D eigenvalue weighted by Crippen LogP contribution is 2.34. The van der Waals surface area contributed by atoms with Crippen LogP contribution >= 0.6 is 23.1 Å². The van der Waals surface area contributed by atoms with Crippen LogP contribution in [0, 0.1) is 0 Å². The van der Waals surface area contributed by atoms with E-state index in [0.717, 1.165) is 23.8 Å². The molecule has 16 heavy (non-hydrogen) atoms. The second-order valence-electron chi connectivity index (χ2n) is 4.86. The molecule has 0 amide bonds. The SMILES string of the molecule is CC(C)c1nsc(NC2(CCl)CCCC2)n1. The third-order valence-electron chi connectivity index (χ3n) is 3.15. The molecule has 0 unspecified atom stereocenters. The number of anilines is 1. The molecule has 3 nitrogen and oxygen atoms in total. The minimum absolute atomic E-state index is 0.0648. The Labute approximate surface area is 106 Å². The Morgan fingerprint density at radius 1 is 1.44 bits per heavy atom. The van der Waals surface area contributed by atoms with Gasteiger partial charge < -0.3 is 5.32 Å². The fraction of sp³-hybridized carbons (Fsp3) is 0.818. The van der Waals surface area contributed by atoms with Crippen molar-refractivity contribution in [3.8, 4) is 0 Å². The minimum Gasteiger partial charge on any atom is -0.354 e. The van der Waals surface area contributed by atoms with Crippen molar-refractivity contribution in [3.05, 3.63) is 5.82 Å². The highest BCUT2D eigenvalue weighted by molar-refractivity contribution is 7.09. The standard InChI is InChI=1S/C11H18ClN3S/c1-8(2)9-13-10(16-15-9)14-11(7-12)5-3-4-6-11/h8H,3-7H2,1-2H3,(H,13,14,15). The summed E-state index contributed by atoms with van der Waals surface area (Å²) >= 11 is 7.53. The Morgan fingerprint density at radius 2 is 2.12 bits per heavy atom. The normalized spacial score (nSPS) is 19.2. The second-order valence-corrected chi connectivity index (χ2v) is 5.88. The zero-order valence-electron chi connectivity index (χ0n) is 9.79. The highest BCUT2D eigenvalue weighted by Gasteiger charge is 2.33. The molecule has 0 atom stereocenters. The van der Waals surface area contributed by atoms with Crippen molar-refractivity contribution in [1.82, 2.24) is 9.36 Å². The first kappa shape index (κ1) is 12.1. The number of rotatable bonds is 4. The van der Waals surface area contributed by atoms with Crippen molar-refractivity contribution in [1.29, 1.82) is 0 Å². The molecule has 90 valence electrons. The molecule has 1 aliphatic rings. The lowest BCUT2D eigenvalue weighted by Crippen LogP contribution is -2.36.